The lowest BCUT2D eigenvalue weighted by molar-refractivity contribution is -0.136. The second kappa shape index (κ2) is 4.91. The number of benzene rings is 1. The molecule has 0 unspecified atom stereocenters. The molecule has 0 saturated heterocycles. The molecule has 4 heteroatoms. The SMILES string of the molecule is CCSc1cccc(CC(=O)O)c1N. The minimum absolute atomic E-state index is 0.00997. The average molecular weight is 211 g/mol. The third-order valence-electron chi connectivity index (χ3n) is 1.80. The van der Waals surface area contributed by atoms with E-state index in [9.17, 15) is 4.79 Å². The first-order chi connectivity index (χ1) is 6.65. The lowest BCUT2D eigenvalue weighted by Gasteiger charge is -2.07. The predicted octanol–water partition coefficient (Wildman–Crippen LogP) is 2.01. The Hall–Kier alpha value is -1.16. The Morgan fingerprint density at radius 1 is 1.57 bits per heavy atom. The van der Waals surface area contributed by atoms with E-state index in [2.05, 4.69) is 0 Å². The van der Waals surface area contributed by atoms with Gasteiger partial charge in [0.2, 0.25) is 0 Å². The van der Waals surface area contributed by atoms with Crippen molar-refractivity contribution in [2.75, 3.05) is 11.5 Å². The van der Waals surface area contributed by atoms with Crippen molar-refractivity contribution in [1.82, 2.24) is 0 Å². The maximum atomic E-state index is 10.5. The Bertz CT molecular complexity index is 339. The highest BCUT2D eigenvalue weighted by atomic mass is 32.2. The second-order valence-electron chi connectivity index (χ2n) is 2.83. The first kappa shape index (κ1) is 10.9. The van der Waals surface area contributed by atoms with Crippen LogP contribution in [0.2, 0.25) is 0 Å². The summed E-state index contributed by atoms with van der Waals surface area (Å²) >= 11 is 1.63. The van der Waals surface area contributed by atoms with E-state index < -0.39 is 5.97 Å². The van der Waals surface area contributed by atoms with E-state index >= 15 is 0 Å². The van der Waals surface area contributed by atoms with Crippen LogP contribution in [0.15, 0.2) is 23.1 Å². The largest absolute Gasteiger partial charge is 0.481 e. The Labute approximate surface area is 87.3 Å². The molecule has 0 saturated carbocycles. The van der Waals surface area contributed by atoms with Crippen LogP contribution in [0.25, 0.3) is 0 Å². The summed E-state index contributed by atoms with van der Waals surface area (Å²) in [4.78, 5) is 11.5. The molecule has 0 heterocycles. The van der Waals surface area contributed by atoms with Crippen LogP contribution in [0.3, 0.4) is 0 Å². The van der Waals surface area contributed by atoms with Gasteiger partial charge in [-0.2, -0.15) is 0 Å². The summed E-state index contributed by atoms with van der Waals surface area (Å²) in [6.07, 6.45) is -0.00997. The summed E-state index contributed by atoms with van der Waals surface area (Å²) in [5.41, 5.74) is 7.12. The van der Waals surface area contributed by atoms with Gasteiger partial charge in [0.1, 0.15) is 0 Å². The maximum absolute atomic E-state index is 10.5. The van der Waals surface area contributed by atoms with Crippen molar-refractivity contribution in [2.24, 2.45) is 0 Å². The van der Waals surface area contributed by atoms with Gasteiger partial charge in [-0.15, -0.1) is 11.8 Å². The highest BCUT2D eigenvalue weighted by molar-refractivity contribution is 7.99. The summed E-state index contributed by atoms with van der Waals surface area (Å²) in [5, 5.41) is 8.65. The number of anilines is 1. The van der Waals surface area contributed by atoms with E-state index in [-0.39, 0.29) is 6.42 Å². The van der Waals surface area contributed by atoms with Crippen LogP contribution in [0.4, 0.5) is 5.69 Å². The van der Waals surface area contributed by atoms with Gasteiger partial charge < -0.3 is 10.8 Å². The number of carboxylic acids is 1. The third-order valence-corrected chi connectivity index (χ3v) is 2.75. The minimum Gasteiger partial charge on any atom is -0.481 e. The molecule has 1 aromatic carbocycles. The zero-order valence-corrected chi connectivity index (χ0v) is 8.80. The van der Waals surface area contributed by atoms with Crippen molar-refractivity contribution >= 4 is 23.4 Å². The van der Waals surface area contributed by atoms with Crippen molar-refractivity contribution in [3.8, 4) is 0 Å². The fourth-order valence-electron chi connectivity index (χ4n) is 1.19. The third kappa shape index (κ3) is 2.67. The van der Waals surface area contributed by atoms with Gasteiger partial charge in [-0.3, -0.25) is 4.79 Å². The molecular formula is C10H13NO2S. The number of aliphatic carboxylic acids is 1. The van der Waals surface area contributed by atoms with E-state index in [1.807, 2.05) is 19.1 Å². The van der Waals surface area contributed by atoms with Crippen LogP contribution < -0.4 is 5.73 Å². The molecule has 0 fully saturated rings. The lowest BCUT2D eigenvalue weighted by atomic mass is 10.1. The number of rotatable bonds is 4. The zero-order valence-electron chi connectivity index (χ0n) is 7.99. The number of carboxylic acid groups (broad SMARTS) is 1. The Morgan fingerprint density at radius 2 is 2.29 bits per heavy atom. The monoisotopic (exact) mass is 211 g/mol. The molecule has 0 bridgehead atoms. The number of hydrogen-bond donors (Lipinski definition) is 2. The topological polar surface area (TPSA) is 63.3 Å². The summed E-state index contributed by atoms with van der Waals surface area (Å²) in [7, 11) is 0. The van der Waals surface area contributed by atoms with Crippen molar-refractivity contribution in [2.45, 2.75) is 18.2 Å². The van der Waals surface area contributed by atoms with E-state index in [4.69, 9.17) is 10.8 Å². The van der Waals surface area contributed by atoms with Gasteiger partial charge in [-0.05, 0) is 17.4 Å². The molecule has 0 radical (unpaired) electrons. The fraction of sp³-hybridized carbons (Fsp3) is 0.300. The van der Waals surface area contributed by atoms with E-state index in [1.165, 1.54) is 0 Å². The predicted molar refractivity (Wildman–Crippen MR) is 58.6 cm³/mol. The Morgan fingerprint density at radius 3 is 2.86 bits per heavy atom. The van der Waals surface area contributed by atoms with Crippen molar-refractivity contribution < 1.29 is 9.90 Å². The number of thioether (sulfide) groups is 1. The van der Waals surface area contributed by atoms with Crippen LogP contribution >= 0.6 is 11.8 Å². The quantitative estimate of drug-likeness (QED) is 0.590. The minimum atomic E-state index is -0.852. The summed E-state index contributed by atoms with van der Waals surface area (Å²) in [6.45, 7) is 2.04. The average Bonchev–Trinajstić information content (AvgIpc) is 2.11. The summed E-state index contributed by atoms with van der Waals surface area (Å²) in [6, 6.07) is 5.50. The van der Waals surface area contributed by atoms with Crippen molar-refractivity contribution in [3.63, 3.8) is 0 Å². The van der Waals surface area contributed by atoms with E-state index in [0.717, 1.165) is 10.6 Å². The van der Waals surface area contributed by atoms with Crippen LogP contribution in [-0.2, 0) is 11.2 Å². The van der Waals surface area contributed by atoms with Crippen LogP contribution in [0.1, 0.15) is 12.5 Å². The van der Waals surface area contributed by atoms with E-state index in [0.29, 0.717) is 11.3 Å². The van der Waals surface area contributed by atoms with Gasteiger partial charge in [-0.1, -0.05) is 19.1 Å². The second-order valence-corrected chi connectivity index (χ2v) is 4.14. The van der Waals surface area contributed by atoms with Gasteiger partial charge in [0.15, 0.2) is 0 Å². The number of nitrogens with two attached hydrogens (primary N) is 1. The molecule has 0 spiro atoms. The molecule has 0 aliphatic rings. The van der Waals surface area contributed by atoms with Crippen LogP contribution in [0, 0.1) is 0 Å². The first-order valence-corrected chi connectivity index (χ1v) is 5.35. The van der Waals surface area contributed by atoms with Crippen LogP contribution in [0.5, 0.6) is 0 Å². The smallest absolute Gasteiger partial charge is 0.307 e. The number of nitrogen functional groups attached to an aromatic ring is 1. The van der Waals surface area contributed by atoms with Crippen molar-refractivity contribution in [1.29, 1.82) is 0 Å². The molecule has 14 heavy (non-hydrogen) atoms. The van der Waals surface area contributed by atoms with Gasteiger partial charge in [0.25, 0.3) is 0 Å². The molecule has 3 N–H and O–H groups in total. The number of hydrogen-bond acceptors (Lipinski definition) is 3. The molecule has 3 nitrogen and oxygen atoms in total. The molecule has 76 valence electrons. The normalized spacial score (nSPS) is 10.1. The van der Waals surface area contributed by atoms with Gasteiger partial charge in [0.05, 0.1) is 6.42 Å². The van der Waals surface area contributed by atoms with Crippen LogP contribution in [-0.4, -0.2) is 16.8 Å². The standard InChI is InChI=1S/C10H13NO2S/c1-2-14-8-5-3-4-7(10(8)11)6-9(12)13/h3-5H,2,6,11H2,1H3,(H,12,13). The summed E-state index contributed by atoms with van der Waals surface area (Å²) < 4.78 is 0. The molecule has 0 aliphatic carbocycles. The lowest BCUT2D eigenvalue weighted by Crippen LogP contribution is -2.04. The molecule has 1 rings (SSSR count). The first-order valence-electron chi connectivity index (χ1n) is 4.37. The van der Waals surface area contributed by atoms with Crippen molar-refractivity contribution in [3.05, 3.63) is 23.8 Å². The molecular weight excluding hydrogens is 198 g/mol. The number of para-hydroxylation sites is 1. The Kier molecular flexibility index (Phi) is 3.83. The Balaban J connectivity index is 2.94. The van der Waals surface area contributed by atoms with E-state index in [1.54, 1.807) is 17.8 Å². The molecule has 0 aromatic heterocycles. The number of carbonyl (C=O) groups is 1. The fourth-order valence-corrected chi connectivity index (χ4v) is 1.96. The summed E-state index contributed by atoms with van der Waals surface area (Å²) in [5.74, 6) is 0.0797. The molecule has 0 amide bonds. The highest BCUT2D eigenvalue weighted by Crippen LogP contribution is 2.27. The maximum Gasteiger partial charge on any atom is 0.307 e. The van der Waals surface area contributed by atoms with Gasteiger partial charge in [-0.25, -0.2) is 0 Å². The highest BCUT2D eigenvalue weighted by Gasteiger charge is 2.07. The van der Waals surface area contributed by atoms with Gasteiger partial charge in [0, 0.05) is 10.6 Å². The molecule has 1 aromatic rings. The molecule has 0 aliphatic heterocycles. The van der Waals surface area contributed by atoms with Gasteiger partial charge >= 0.3 is 5.97 Å². The zero-order chi connectivity index (χ0) is 10.6. The molecule has 0 atom stereocenters.